The third-order valence-corrected chi connectivity index (χ3v) is 6.05. The van der Waals surface area contributed by atoms with Gasteiger partial charge in [0, 0.05) is 43.0 Å². The quantitative estimate of drug-likeness (QED) is 0.763. The molecule has 1 N–H and O–H groups in total. The molecule has 0 spiro atoms. The number of benzene rings is 2. The van der Waals surface area contributed by atoms with Crippen LogP contribution < -0.4 is 4.90 Å². The molecule has 0 atom stereocenters. The Labute approximate surface area is 175 Å². The predicted molar refractivity (Wildman–Crippen MR) is 114 cm³/mol. The molecule has 30 heavy (non-hydrogen) atoms. The molecule has 0 radical (unpaired) electrons. The highest BCUT2D eigenvalue weighted by Crippen LogP contribution is 2.33. The van der Waals surface area contributed by atoms with Crippen LogP contribution in [0, 0.1) is 0 Å². The number of rotatable bonds is 5. The fourth-order valence-corrected chi connectivity index (χ4v) is 4.22. The van der Waals surface area contributed by atoms with Crippen LogP contribution >= 0.6 is 0 Å². The van der Waals surface area contributed by atoms with Crippen molar-refractivity contribution in [3.05, 3.63) is 65.7 Å². The highest BCUT2D eigenvalue weighted by Gasteiger charge is 2.34. The number of likely N-dealkylation sites (tertiary alicyclic amines) is 1. The van der Waals surface area contributed by atoms with Gasteiger partial charge in [-0.3, -0.25) is 4.79 Å². The molecule has 0 unspecified atom stereocenters. The number of hydrogen-bond donors (Lipinski definition) is 1. The number of carbonyl (C=O) groups is 1. The zero-order valence-electron chi connectivity index (χ0n) is 16.8. The van der Waals surface area contributed by atoms with Gasteiger partial charge in [-0.1, -0.05) is 30.4 Å². The number of aliphatic hydroxyl groups is 1. The van der Waals surface area contributed by atoms with Gasteiger partial charge >= 0.3 is 0 Å². The topological polar surface area (TPSA) is 43.8 Å². The monoisotopic (exact) mass is 412 g/mol. The maximum atomic E-state index is 12.9. The second-order valence-corrected chi connectivity index (χ2v) is 8.06. The molecule has 2 heterocycles. The van der Waals surface area contributed by atoms with Gasteiger partial charge in [-0.2, -0.15) is 0 Å². The number of alkyl halides is 2. The minimum atomic E-state index is -2.41. The maximum Gasteiger partial charge on any atom is 0.253 e. The van der Waals surface area contributed by atoms with Crippen molar-refractivity contribution < 1.29 is 18.7 Å². The first-order chi connectivity index (χ1) is 14.5. The van der Waals surface area contributed by atoms with E-state index >= 15 is 0 Å². The largest absolute Gasteiger partial charge is 0.390 e. The number of fused-ring (bicyclic) bond motifs is 1. The van der Waals surface area contributed by atoms with E-state index in [-0.39, 0.29) is 18.7 Å². The van der Waals surface area contributed by atoms with Crippen molar-refractivity contribution in [2.75, 3.05) is 24.5 Å². The van der Waals surface area contributed by atoms with Gasteiger partial charge in [0.15, 0.2) is 0 Å². The van der Waals surface area contributed by atoms with Crippen LogP contribution in [0.25, 0.3) is 6.08 Å². The Kier molecular flexibility index (Phi) is 5.86. The summed E-state index contributed by atoms with van der Waals surface area (Å²) in [5.74, 6) is -0.0867. The average molecular weight is 412 g/mol. The summed E-state index contributed by atoms with van der Waals surface area (Å²) in [6, 6.07) is 15.8. The summed E-state index contributed by atoms with van der Waals surface area (Å²) in [5, 5.41) is 10.5. The lowest BCUT2D eigenvalue weighted by atomic mass is 9.87. The van der Waals surface area contributed by atoms with E-state index in [0.717, 1.165) is 23.5 Å². The van der Waals surface area contributed by atoms with Crippen molar-refractivity contribution in [3.8, 4) is 0 Å². The lowest BCUT2D eigenvalue weighted by Gasteiger charge is -2.38. The van der Waals surface area contributed by atoms with Gasteiger partial charge in [-0.25, -0.2) is 8.78 Å². The van der Waals surface area contributed by atoms with Crippen molar-refractivity contribution in [2.24, 2.45) is 0 Å². The van der Waals surface area contributed by atoms with Crippen LogP contribution in [0.3, 0.4) is 0 Å². The minimum Gasteiger partial charge on any atom is -0.390 e. The number of halogens is 2. The molecule has 2 aromatic rings. The first-order valence-corrected chi connectivity index (χ1v) is 10.4. The summed E-state index contributed by atoms with van der Waals surface area (Å²) in [5.41, 5.74) is 2.82. The minimum absolute atomic E-state index is 0.0765. The zero-order chi connectivity index (χ0) is 21.1. The molecule has 1 amide bonds. The van der Waals surface area contributed by atoms with Crippen LogP contribution in [0.15, 0.2) is 54.6 Å². The van der Waals surface area contributed by atoms with Crippen molar-refractivity contribution in [1.82, 2.24) is 4.90 Å². The van der Waals surface area contributed by atoms with Gasteiger partial charge in [0.2, 0.25) is 6.43 Å². The number of nitrogens with zero attached hydrogens (tertiary/aromatic N) is 2. The molecule has 4 rings (SSSR count). The number of para-hydroxylation sites is 1. The van der Waals surface area contributed by atoms with Gasteiger partial charge in [0.1, 0.15) is 0 Å². The molecule has 158 valence electrons. The lowest BCUT2D eigenvalue weighted by molar-refractivity contribution is -0.0346. The molecule has 1 saturated heterocycles. The molecular formula is C24H26F2N2O2. The van der Waals surface area contributed by atoms with Crippen LogP contribution in [-0.2, 0) is 0 Å². The molecule has 2 aliphatic rings. The third kappa shape index (κ3) is 4.38. The van der Waals surface area contributed by atoms with Crippen LogP contribution in [0.2, 0.25) is 0 Å². The summed E-state index contributed by atoms with van der Waals surface area (Å²) >= 11 is 0. The zero-order valence-corrected chi connectivity index (χ0v) is 16.8. The maximum absolute atomic E-state index is 12.9. The van der Waals surface area contributed by atoms with Crippen LogP contribution in [0.4, 0.5) is 20.2 Å². The van der Waals surface area contributed by atoms with Gasteiger partial charge in [-0.15, -0.1) is 0 Å². The van der Waals surface area contributed by atoms with E-state index in [0.29, 0.717) is 31.5 Å². The van der Waals surface area contributed by atoms with E-state index in [1.165, 1.54) is 0 Å². The highest BCUT2D eigenvalue weighted by molar-refractivity contribution is 5.95. The van der Waals surface area contributed by atoms with Crippen molar-refractivity contribution in [3.63, 3.8) is 0 Å². The fraction of sp³-hybridized carbons (Fsp3) is 0.375. The highest BCUT2D eigenvalue weighted by atomic mass is 19.3. The first-order valence-electron chi connectivity index (χ1n) is 10.4. The standard InChI is InChI=1S/C24H26F2N2O2/c25-22(26)11-12-24(30)13-16-27(17-14-24)23(29)19-7-9-20(10-8-19)28-15-3-5-18-4-1-2-6-21(18)28/h1-10,22,30H,11-17H2. The van der Waals surface area contributed by atoms with E-state index in [1.54, 1.807) is 4.90 Å². The van der Waals surface area contributed by atoms with E-state index in [4.69, 9.17) is 0 Å². The molecule has 4 nitrogen and oxygen atoms in total. The second kappa shape index (κ2) is 8.56. The van der Waals surface area contributed by atoms with Gasteiger partial charge in [0.05, 0.1) is 5.60 Å². The Morgan fingerprint density at radius 3 is 2.47 bits per heavy atom. The third-order valence-electron chi connectivity index (χ3n) is 6.05. The van der Waals surface area contributed by atoms with Crippen molar-refractivity contribution >= 4 is 23.4 Å². The number of anilines is 2. The summed E-state index contributed by atoms with van der Waals surface area (Å²) in [6.07, 6.45) is 2.26. The molecule has 0 bridgehead atoms. The predicted octanol–water partition coefficient (Wildman–Crippen LogP) is 4.86. The Balaban J connectivity index is 1.40. The van der Waals surface area contributed by atoms with E-state index in [9.17, 15) is 18.7 Å². The average Bonchev–Trinajstić information content (AvgIpc) is 2.78. The number of hydrogen-bond acceptors (Lipinski definition) is 3. The van der Waals surface area contributed by atoms with Crippen molar-refractivity contribution in [2.45, 2.75) is 37.7 Å². The van der Waals surface area contributed by atoms with Crippen molar-refractivity contribution in [1.29, 1.82) is 0 Å². The molecule has 0 aliphatic carbocycles. The Morgan fingerprint density at radius 1 is 1.07 bits per heavy atom. The molecule has 0 aromatic heterocycles. The lowest BCUT2D eigenvalue weighted by Crippen LogP contribution is -2.46. The first kappa shape index (κ1) is 20.5. The van der Waals surface area contributed by atoms with E-state index in [1.807, 2.05) is 36.4 Å². The summed E-state index contributed by atoms with van der Waals surface area (Å²) < 4.78 is 24.9. The van der Waals surface area contributed by atoms with E-state index in [2.05, 4.69) is 29.2 Å². The Bertz CT molecular complexity index is 919. The number of amides is 1. The molecule has 2 aromatic carbocycles. The van der Waals surface area contributed by atoms with Gasteiger partial charge < -0.3 is 14.9 Å². The summed E-state index contributed by atoms with van der Waals surface area (Å²) in [4.78, 5) is 16.8. The number of carbonyl (C=O) groups excluding carboxylic acids is 1. The normalized spacial score (nSPS) is 17.9. The number of piperidine rings is 1. The molecule has 6 heteroatoms. The van der Waals surface area contributed by atoms with Crippen LogP contribution in [0.1, 0.15) is 41.6 Å². The SMILES string of the molecule is O=C(c1ccc(N2CC=Cc3ccccc32)cc1)N1CCC(O)(CCC(F)F)CC1. The molecular weight excluding hydrogens is 386 g/mol. The smallest absolute Gasteiger partial charge is 0.253 e. The van der Waals surface area contributed by atoms with Crippen LogP contribution in [-0.4, -0.2) is 47.6 Å². The van der Waals surface area contributed by atoms with Crippen LogP contribution in [0.5, 0.6) is 0 Å². The Morgan fingerprint density at radius 2 is 1.77 bits per heavy atom. The molecule has 2 aliphatic heterocycles. The van der Waals surface area contributed by atoms with E-state index < -0.39 is 12.0 Å². The summed E-state index contributed by atoms with van der Waals surface area (Å²) in [7, 11) is 0. The second-order valence-electron chi connectivity index (χ2n) is 8.06. The van der Waals surface area contributed by atoms with Gasteiger partial charge in [0.25, 0.3) is 5.91 Å². The Hall–Kier alpha value is -2.73. The van der Waals surface area contributed by atoms with Gasteiger partial charge in [-0.05, 0) is 55.2 Å². The molecule has 0 saturated carbocycles. The molecule has 1 fully saturated rings. The fourth-order valence-electron chi connectivity index (χ4n) is 4.22. The summed E-state index contributed by atoms with van der Waals surface area (Å²) in [6.45, 7) is 1.53.